The molecule has 0 N–H and O–H groups in total. The van der Waals surface area contributed by atoms with Gasteiger partial charge in [0.05, 0.1) is 22.3 Å². The molecule has 1 aromatic carbocycles. The summed E-state index contributed by atoms with van der Waals surface area (Å²) in [5, 5.41) is -0.476. The lowest BCUT2D eigenvalue weighted by molar-refractivity contribution is 0.0505. The van der Waals surface area contributed by atoms with Crippen molar-refractivity contribution in [1.82, 2.24) is 0 Å². The summed E-state index contributed by atoms with van der Waals surface area (Å²) in [6.45, 7) is 5.52. The summed E-state index contributed by atoms with van der Waals surface area (Å²) in [5.74, 6) is -0.426. The average Bonchev–Trinajstić information content (AvgIpc) is 2.35. The van der Waals surface area contributed by atoms with Gasteiger partial charge in [0.1, 0.15) is 0 Å². The first-order valence-electron chi connectivity index (χ1n) is 5.90. The van der Waals surface area contributed by atoms with Gasteiger partial charge in [-0.3, -0.25) is 0 Å². The average molecular weight is 270 g/mol. The van der Waals surface area contributed by atoms with E-state index in [9.17, 15) is 13.2 Å². The van der Waals surface area contributed by atoms with E-state index in [0.717, 1.165) is 6.42 Å². The van der Waals surface area contributed by atoms with Crippen molar-refractivity contribution in [3.05, 3.63) is 29.8 Å². The Kier molecular flexibility index (Phi) is 4.90. The fraction of sp³-hybridized carbons (Fsp3) is 0.462. The SMILES string of the molecule is CCCOC(=O)c1ccc(S(=O)(=O)C(C)C)cc1. The third kappa shape index (κ3) is 3.32. The maximum Gasteiger partial charge on any atom is 0.338 e. The zero-order valence-corrected chi connectivity index (χ0v) is 11.7. The van der Waals surface area contributed by atoms with Gasteiger partial charge in [-0.1, -0.05) is 6.92 Å². The summed E-state index contributed by atoms with van der Waals surface area (Å²) in [6.07, 6.45) is 0.756. The minimum atomic E-state index is -3.29. The lowest BCUT2D eigenvalue weighted by Gasteiger charge is -2.08. The molecule has 1 aromatic rings. The highest BCUT2D eigenvalue weighted by Crippen LogP contribution is 2.16. The van der Waals surface area contributed by atoms with Crippen molar-refractivity contribution in [2.24, 2.45) is 0 Å². The van der Waals surface area contributed by atoms with Crippen molar-refractivity contribution in [2.75, 3.05) is 6.61 Å². The summed E-state index contributed by atoms with van der Waals surface area (Å²) in [5.41, 5.74) is 0.367. The second-order valence-electron chi connectivity index (χ2n) is 4.25. The molecule has 0 spiro atoms. The van der Waals surface area contributed by atoms with Crippen LogP contribution in [0.25, 0.3) is 0 Å². The highest BCUT2D eigenvalue weighted by Gasteiger charge is 2.19. The molecule has 0 aliphatic carbocycles. The highest BCUT2D eigenvalue weighted by atomic mass is 32.2. The van der Waals surface area contributed by atoms with Crippen molar-refractivity contribution < 1.29 is 17.9 Å². The molecule has 0 aliphatic rings. The Labute approximate surface area is 108 Å². The molecule has 0 fully saturated rings. The molecule has 0 aromatic heterocycles. The summed E-state index contributed by atoms with van der Waals surface area (Å²) in [7, 11) is -3.29. The number of benzene rings is 1. The molecule has 0 unspecified atom stereocenters. The van der Waals surface area contributed by atoms with Crippen LogP contribution in [0, 0.1) is 0 Å². The van der Waals surface area contributed by atoms with Crippen LogP contribution in [0.15, 0.2) is 29.2 Å². The normalized spacial score (nSPS) is 11.6. The molecule has 0 saturated heterocycles. The number of carbonyl (C=O) groups is 1. The van der Waals surface area contributed by atoms with Crippen molar-refractivity contribution in [3.8, 4) is 0 Å². The van der Waals surface area contributed by atoms with Crippen LogP contribution in [-0.2, 0) is 14.6 Å². The summed E-state index contributed by atoms with van der Waals surface area (Å²) >= 11 is 0. The van der Waals surface area contributed by atoms with E-state index in [1.807, 2.05) is 6.92 Å². The van der Waals surface area contributed by atoms with Gasteiger partial charge in [-0.25, -0.2) is 13.2 Å². The predicted octanol–water partition coefficient (Wildman–Crippen LogP) is 2.44. The largest absolute Gasteiger partial charge is 0.462 e. The number of rotatable bonds is 5. The first kappa shape index (κ1) is 14.7. The van der Waals surface area contributed by atoms with Crippen molar-refractivity contribution >= 4 is 15.8 Å². The smallest absolute Gasteiger partial charge is 0.338 e. The molecule has 0 aliphatic heterocycles. The standard InChI is InChI=1S/C13H18O4S/c1-4-9-17-13(14)11-5-7-12(8-6-11)18(15,16)10(2)3/h5-8,10H,4,9H2,1-3H3. The Bertz CT molecular complexity index is 500. The van der Waals surface area contributed by atoms with Crippen LogP contribution in [0.3, 0.4) is 0 Å². The van der Waals surface area contributed by atoms with Gasteiger partial charge in [-0.15, -0.1) is 0 Å². The fourth-order valence-corrected chi connectivity index (χ4v) is 2.39. The third-order valence-electron chi connectivity index (χ3n) is 2.48. The van der Waals surface area contributed by atoms with Gasteiger partial charge in [0.15, 0.2) is 9.84 Å². The van der Waals surface area contributed by atoms with Crippen LogP contribution < -0.4 is 0 Å². The van der Waals surface area contributed by atoms with Crippen LogP contribution >= 0.6 is 0 Å². The van der Waals surface area contributed by atoms with Crippen LogP contribution in [0.1, 0.15) is 37.6 Å². The lowest BCUT2D eigenvalue weighted by Crippen LogP contribution is -2.14. The minimum Gasteiger partial charge on any atom is -0.462 e. The number of sulfone groups is 1. The Morgan fingerprint density at radius 2 is 1.78 bits per heavy atom. The zero-order chi connectivity index (χ0) is 13.8. The van der Waals surface area contributed by atoms with Gasteiger partial charge in [0, 0.05) is 0 Å². The van der Waals surface area contributed by atoms with E-state index >= 15 is 0 Å². The Morgan fingerprint density at radius 1 is 1.22 bits per heavy atom. The highest BCUT2D eigenvalue weighted by molar-refractivity contribution is 7.92. The molecule has 5 heteroatoms. The van der Waals surface area contributed by atoms with E-state index in [0.29, 0.717) is 12.2 Å². The Balaban J connectivity index is 2.90. The molecule has 0 heterocycles. The lowest BCUT2D eigenvalue weighted by atomic mass is 10.2. The van der Waals surface area contributed by atoms with E-state index in [1.54, 1.807) is 13.8 Å². The number of hydrogen-bond donors (Lipinski definition) is 0. The third-order valence-corrected chi connectivity index (χ3v) is 4.65. The maximum absolute atomic E-state index is 11.9. The molecular formula is C13H18O4S. The molecule has 0 amide bonds. The fourth-order valence-electron chi connectivity index (χ4n) is 1.33. The van der Waals surface area contributed by atoms with Gasteiger partial charge in [0.2, 0.25) is 0 Å². The molecule has 0 atom stereocenters. The second kappa shape index (κ2) is 6.00. The second-order valence-corrected chi connectivity index (χ2v) is 6.76. The van der Waals surface area contributed by atoms with Gasteiger partial charge in [-0.05, 0) is 44.5 Å². The molecule has 1 rings (SSSR count). The van der Waals surface area contributed by atoms with Crippen LogP contribution in [-0.4, -0.2) is 26.2 Å². The first-order chi connectivity index (χ1) is 8.39. The predicted molar refractivity (Wildman–Crippen MR) is 69.3 cm³/mol. The molecule has 100 valence electrons. The van der Waals surface area contributed by atoms with Crippen molar-refractivity contribution in [3.63, 3.8) is 0 Å². The van der Waals surface area contributed by atoms with Gasteiger partial charge >= 0.3 is 5.97 Å². The Morgan fingerprint density at radius 3 is 2.22 bits per heavy atom. The van der Waals surface area contributed by atoms with E-state index < -0.39 is 21.1 Å². The molecule has 18 heavy (non-hydrogen) atoms. The summed E-state index contributed by atoms with van der Waals surface area (Å²) in [6, 6.07) is 5.84. The van der Waals surface area contributed by atoms with Gasteiger partial charge < -0.3 is 4.74 Å². The van der Waals surface area contributed by atoms with Crippen LogP contribution in [0.4, 0.5) is 0 Å². The van der Waals surface area contributed by atoms with E-state index in [2.05, 4.69) is 0 Å². The van der Waals surface area contributed by atoms with E-state index in [-0.39, 0.29) is 4.90 Å². The van der Waals surface area contributed by atoms with Crippen LogP contribution in [0.2, 0.25) is 0 Å². The molecular weight excluding hydrogens is 252 g/mol. The quantitative estimate of drug-likeness (QED) is 0.771. The minimum absolute atomic E-state index is 0.226. The zero-order valence-electron chi connectivity index (χ0n) is 10.8. The van der Waals surface area contributed by atoms with E-state index in [1.165, 1.54) is 24.3 Å². The maximum atomic E-state index is 11.9. The number of carbonyl (C=O) groups excluding carboxylic acids is 1. The molecule has 0 saturated carbocycles. The molecule has 0 bridgehead atoms. The summed E-state index contributed by atoms with van der Waals surface area (Å²) in [4.78, 5) is 11.8. The number of esters is 1. The van der Waals surface area contributed by atoms with Crippen LogP contribution in [0.5, 0.6) is 0 Å². The molecule has 0 radical (unpaired) electrons. The van der Waals surface area contributed by atoms with Gasteiger partial charge in [0.25, 0.3) is 0 Å². The molecule has 4 nitrogen and oxygen atoms in total. The van der Waals surface area contributed by atoms with Gasteiger partial charge in [-0.2, -0.15) is 0 Å². The monoisotopic (exact) mass is 270 g/mol. The number of hydrogen-bond acceptors (Lipinski definition) is 4. The van der Waals surface area contributed by atoms with E-state index in [4.69, 9.17) is 4.74 Å². The van der Waals surface area contributed by atoms with Crippen molar-refractivity contribution in [2.45, 2.75) is 37.3 Å². The Hall–Kier alpha value is -1.36. The first-order valence-corrected chi connectivity index (χ1v) is 7.45. The topological polar surface area (TPSA) is 60.4 Å². The number of ether oxygens (including phenoxy) is 1. The summed E-state index contributed by atoms with van der Waals surface area (Å²) < 4.78 is 28.7. The van der Waals surface area contributed by atoms with Crippen molar-refractivity contribution in [1.29, 1.82) is 0 Å².